The number of nitrogens with one attached hydrogen (secondary N) is 2. The predicted octanol–water partition coefficient (Wildman–Crippen LogP) is -0.0261. The lowest BCUT2D eigenvalue weighted by molar-refractivity contribution is -0.142. The average molecular weight is 199 g/mol. The lowest BCUT2D eigenvalue weighted by atomic mass is 10.00. The Labute approximate surface area is 83.5 Å². The molecular weight excluding hydrogens is 182 g/mol. The van der Waals surface area contributed by atoms with Gasteiger partial charge in [0.25, 0.3) is 0 Å². The van der Waals surface area contributed by atoms with Gasteiger partial charge in [-0.15, -0.1) is 0 Å². The Morgan fingerprint density at radius 3 is 2.71 bits per heavy atom. The second-order valence-electron chi connectivity index (χ2n) is 3.26. The molecule has 0 aliphatic heterocycles. The molecule has 0 aromatic heterocycles. The van der Waals surface area contributed by atoms with Crippen molar-refractivity contribution in [3.63, 3.8) is 0 Å². The van der Waals surface area contributed by atoms with E-state index in [1.807, 2.05) is 0 Å². The number of hydrogen-bond donors (Lipinski definition) is 4. The highest BCUT2D eigenvalue weighted by atomic mass is 16.4. The molecule has 0 rings (SSSR count). The summed E-state index contributed by atoms with van der Waals surface area (Å²) in [6.07, 6.45) is 5.09. The molecule has 1 atom stereocenters. The third-order valence-electron chi connectivity index (χ3n) is 1.71. The van der Waals surface area contributed by atoms with Crippen molar-refractivity contribution in [1.29, 1.82) is 5.41 Å². The second kappa shape index (κ2) is 6.28. The van der Waals surface area contributed by atoms with Crippen LogP contribution in [0, 0.1) is 5.41 Å². The van der Waals surface area contributed by atoms with E-state index in [4.69, 9.17) is 16.2 Å². The molecule has 80 valence electrons. The summed E-state index contributed by atoms with van der Waals surface area (Å²) in [5.74, 6) is -1.00. The van der Waals surface area contributed by atoms with Crippen LogP contribution < -0.4 is 11.1 Å². The smallest absolute Gasteiger partial charge is 0.323 e. The maximum Gasteiger partial charge on any atom is 0.323 e. The maximum absolute atomic E-state index is 10.6. The van der Waals surface area contributed by atoms with Crippen molar-refractivity contribution in [3.8, 4) is 0 Å². The van der Waals surface area contributed by atoms with E-state index in [1.165, 1.54) is 13.1 Å². The zero-order valence-electron chi connectivity index (χ0n) is 8.29. The van der Waals surface area contributed by atoms with Gasteiger partial charge >= 0.3 is 5.97 Å². The van der Waals surface area contributed by atoms with Crippen molar-refractivity contribution in [1.82, 2.24) is 5.32 Å². The third-order valence-corrected chi connectivity index (χ3v) is 1.71. The van der Waals surface area contributed by atoms with Gasteiger partial charge in [-0.1, -0.05) is 12.2 Å². The van der Waals surface area contributed by atoms with Crippen molar-refractivity contribution >= 4 is 12.2 Å². The Balaban J connectivity index is 3.70. The summed E-state index contributed by atoms with van der Waals surface area (Å²) < 4.78 is 0. The van der Waals surface area contributed by atoms with Crippen LogP contribution in [-0.2, 0) is 4.79 Å². The first kappa shape index (κ1) is 12.8. The average Bonchev–Trinajstić information content (AvgIpc) is 2.10. The molecule has 0 radical (unpaired) electrons. The van der Waals surface area contributed by atoms with Crippen molar-refractivity contribution < 1.29 is 9.90 Å². The Morgan fingerprint density at radius 2 is 2.21 bits per heavy atom. The van der Waals surface area contributed by atoms with Gasteiger partial charge in [-0.25, -0.2) is 0 Å². The Kier molecular flexibility index (Phi) is 5.74. The number of carboxylic acids is 1. The van der Waals surface area contributed by atoms with Gasteiger partial charge < -0.3 is 21.6 Å². The van der Waals surface area contributed by atoms with Gasteiger partial charge in [0.05, 0.1) is 0 Å². The molecule has 0 aliphatic rings. The lowest BCUT2D eigenvalue weighted by Gasteiger charge is -2.16. The number of aliphatic carboxylic acids is 1. The van der Waals surface area contributed by atoms with Crippen LogP contribution in [0.15, 0.2) is 12.2 Å². The molecule has 1 unspecified atom stereocenters. The molecule has 0 aliphatic carbocycles. The number of carbonyl (C=O) groups is 1. The molecule has 0 aromatic rings. The highest BCUT2D eigenvalue weighted by Gasteiger charge is 2.25. The van der Waals surface area contributed by atoms with E-state index in [9.17, 15) is 4.79 Å². The van der Waals surface area contributed by atoms with E-state index in [0.717, 1.165) is 0 Å². The van der Waals surface area contributed by atoms with E-state index < -0.39 is 11.5 Å². The zero-order valence-corrected chi connectivity index (χ0v) is 8.29. The molecule has 5 N–H and O–H groups in total. The van der Waals surface area contributed by atoms with E-state index in [-0.39, 0.29) is 0 Å². The SMILES string of the molecule is CC(N)(CC=CCNCC=N)C(=O)O. The fourth-order valence-electron chi connectivity index (χ4n) is 0.738. The van der Waals surface area contributed by atoms with Gasteiger partial charge in [0.15, 0.2) is 0 Å². The second-order valence-corrected chi connectivity index (χ2v) is 3.26. The van der Waals surface area contributed by atoms with E-state index in [2.05, 4.69) is 5.32 Å². The van der Waals surface area contributed by atoms with Crippen molar-refractivity contribution in [2.45, 2.75) is 18.9 Å². The van der Waals surface area contributed by atoms with Gasteiger partial charge in [0.1, 0.15) is 5.54 Å². The molecule has 0 heterocycles. The Hall–Kier alpha value is -1.20. The van der Waals surface area contributed by atoms with Gasteiger partial charge in [0.2, 0.25) is 0 Å². The number of rotatable bonds is 7. The maximum atomic E-state index is 10.6. The van der Waals surface area contributed by atoms with Crippen LogP contribution in [0.5, 0.6) is 0 Å². The number of carboxylic acid groups (broad SMARTS) is 1. The number of nitrogens with two attached hydrogens (primary N) is 1. The van der Waals surface area contributed by atoms with Gasteiger partial charge in [-0.05, 0) is 13.3 Å². The molecule has 0 fully saturated rings. The molecule has 0 saturated carbocycles. The van der Waals surface area contributed by atoms with Crippen LogP contribution in [0.1, 0.15) is 13.3 Å². The molecular formula is C9H17N3O2. The predicted molar refractivity (Wildman–Crippen MR) is 55.6 cm³/mol. The van der Waals surface area contributed by atoms with Crippen molar-refractivity contribution in [2.24, 2.45) is 5.73 Å². The summed E-state index contributed by atoms with van der Waals surface area (Å²) in [7, 11) is 0. The van der Waals surface area contributed by atoms with Crippen LogP contribution in [-0.4, -0.2) is 35.9 Å². The Bertz CT molecular complexity index is 224. The molecule has 14 heavy (non-hydrogen) atoms. The summed E-state index contributed by atoms with van der Waals surface area (Å²) in [5.41, 5.74) is 4.30. The van der Waals surface area contributed by atoms with Crippen LogP contribution in [0.3, 0.4) is 0 Å². The van der Waals surface area contributed by atoms with Gasteiger partial charge in [0, 0.05) is 19.3 Å². The topological polar surface area (TPSA) is 99.2 Å². The molecule has 0 amide bonds. The molecule has 0 aromatic carbocycles. The van der Waals surface area contributed by atoms with Crippen LogP contribution in [0.2, 0.25) is 0 Å². The standard InChI is InChI=1S/C9H17N3O2/c1-9(11,8(13)14)4-2-3-6-12-7-5-10/h2-3,5,10,12H,4,6-7,11H2,1H3,(H,13,14). The summed E-state index contributed by atoms with van der Waals surface area (Å²) >= 11 is 0. The minimum Gasteiger partial charge on any atom is -0.480 e. The Morgan fingerprint density at radius 1 is 1.57 bits per heavy atom. The van der Waals surface area contributed by atoms with E-state index in [1.54, 1.807) is 12.2 Å². The summed E-state index contributed by atoms with van der Waals surface area (Å²) in [6, 6.07) is 0. The van der Waals surface area contributed by atoms with Gasteiger partial charge in [-0.2, -0.15) is 0 Å². The summed E-state index contributed by atoms with van der Waals surface area (Å²) in [6.45, 7) is 2.61. The summed E-state index contributed by atoms with van der Waals surface area (Å²) in [5, 5.41) is 18.3. The fraction of sp³-hybridized carbons (Fsp3) is 0.556. The van der Waals surface area contributed by atoms with Crippen molar-refractivity contribution in [2.75, 3.05) is 13.1 Å². The number of hydrogen-bond acceptors (Lipinski definition) is 4. The van der Waals surface area contributed by atoms with Crippen LogP contribution >= 0.6 is 0 Å². The highest BCUT2D eigenvalue weighted by molar-refractivity contribution is 5.78. The fourth-order valence-corrected chi connectivity index (χ4v) is 0.738. The lowest BCUT2D eigenvalue weighted by Crippen LogP contribution is -2.44. The van der Waals surface area contributed by atoms with Crippen LogP contribution in [0.4, 0.5) is 0 Å². The molecule has 5 nitrogen and oxygen atoms in total. The van der Waals surface area contributed by atoms with E-state index >= 15 is 0 Å². The van der Waals surface area contributed by atoms with Crippen molar-refractivity contribution in [3.05, 3.63) is 12.2 Å². The van der Waals surface area contributed by atoms with Gasteiger partial charge in [-0.3, -0.25) is 4.79 Å². The quantitative estimate of drug-likeness (QED) is 0.263. The monoisotopic (exact) mass is 199 g/mol. The summed E-state index contributed by atoms with van der Waals surface area (Å²) in [4.78, 5) is 10.6. The highest BCUT2D eigenvalue weighted by Crippen LogP contribution is 2.05. The molecule has 0 bridgehead atoms. The first-order valence-electron chi connectivity index (χ1n) is 4.37. The minimum absolute atomic E-state index is 0.300. The first-order valence-corrected chi connectivity index (χ1v) is 4.37. The minimum atomic E-state index is -1.20. The van der Waals surface area contributed by atoms with E-state index in [0.29, 0.717) is 19.5 Å². The zero-order chi connectivity index (χ0) is 11.0. The molecule has 0 spiro atoms. The first-order chi connectivity index (χ1) is 6.50. The molecule has 5 heteroatoms. The largest absolute Gasteiger partial charge is 0.480 e. The van der Waals surface area contributed by atoms with Crippen LogP contribution in [0.25, 0.3) is 0 Å². The normalized spacial score (nSPS) is 15.3. The molecule has 0 saturated heterocycles. The third kappa shape index (κ3) is 5.45.